The van der Waals surface area contributed by atoms with Crippen LogP contribution in [0, 0.1) is 0 Å². The Bertz CT molecular complexity index is 353. The van der Waals surface area contributed by atoms with E-state index in [-0.39, 0.29) is 0 Å². The van der Waals surface area contributed by atoms with Crippen LogP contribution in [0.15, 0.2) is 0 Å². The van der Waals surface area contributed by atoms with Gasteiger partial charge in [0.15, 0.2) is 0 Å². The van der Waals surface area contributed by atoms with Crippen LogP contribution in [0.5, 0.6) is 0 Å². The number of halogens is 4. The Morgan fingerprint density at radius 3 is 1.23 bits per heavy atom. The lowest BCUT2D eigenvalue weighted by Gasteiger charge is -2.14. The van der Waals surface area contributed by atoms with Gasteiger partial charge in [-0.3, -0.25) is 4.52 Å². The fourth-order valence-corrected chi connectivity index (χ4v) is 1.91. The third kappa shape index (κ3) is 28.5. The lowest BCUT2D eigenvalue weighted by atomic mass is 10.3. The molecule has 0 atom stereocenters. The van der Waals surface area contributed by atoms with E-state index in [9.17, 15) is 22.1 Å². The number of rotatable bonds is 8. The summed E-state index contributed by atoms with van der Waals surface area (Å²) in [5.41, 5.74) is 0. The first-order valence-corrected chi connectivity index (χ1v) is 9.81. The molecule has 26 heavy (non-hydrogen) atoms. The molecule has 0 aromatic rings. The monoisotopic (exact) mass is 414 g/mol. The van der Waals surface area contributed by atoms with E-state index in [0.29, 0.717) is 24.2 Å². The SMILES string of the molecule is CC(C)NC(C)C.CC(C)NC(C)C.O=P(O)(O)OCC(F)(F)C(F)F. The normalized spacial score (nSPS) is 12.4. The van der Waals surface area contributed by atoms with Crippen LogP contribution in [0.1, 0.15) is 55.4 Å². The first kappa shape index (κ1) is 30.5. The minimum atomic E-state index is -5.12. The third-order valence-corrected chi connectivity index (χ3v) is 2.54. The minimum Gasteiger partial charge on any atom is -0.312 e. The molecule has 0 aromatic heterocycles. The maximum atomic E-state index is 11.9. The summed E-state index contributed by atoms with van der Waals surface area (Å²) in [5.74, 6) is -4.54. The van der Waals surface area contributed by atoms with E-state index in [4.69, 9.17) is 9.79 Å². The molecule has 0 aliphatic rings. The molecular formula is C15H35F4N2O4P. The molecule has 0 fully saturated rings. The van der Waals surface area contributed by atoms with Crippen LogP contribution >= 0.6 is 7.82 Å². The summed E-state index contributed by atoms with van der Waals surface area (Å²) >= 11 is 0. The predicted octanol–water partition coefficient (Wildman–Crippen LogP) is 3.78. The molecule has 0 rings (SSSR count). The van der Waals surface area contributed by atoms with Crippen molar-refractivity contribution < 1.29 is 36.4 Å². The average Bonchev–Trinajstić information content (AvgIpc) is 2.33. The van der Waals surface area contributed by atoms with Crippen LogP contribution in [0.2, 0.25) is 0 Å². The summed E-state index contributed by atoms with van der Waals surface area (Å²) in [6.07, 6.45) is -4.01. The Kier molecular flexibility index (Phi) is 17.3. The van der Waals surface area contributed by atoms with Crippen molar-refractivity contribution in [2.45, 2.75) is 91.9 Å². The number of phosphoric acid groups is 1. The van der Waals surface area contributed by atoms with Crippen molar-refractivity contribution in [1.82, 2.24) is 10.6 Å². The van der Waals surface area contributed by atoms with Crippen molar-refractivity contribution >= 4 is 7.82 Å². The average molecular weight is 414 g/mol. The molecule has 0 bridgehead atoms. The van der Waals surface area contributed by atoms with Crippen LogP contribution < -0.4 is 10.6 Å². The zero-order valence-corrected chi connectivity index (χ0v) is 17.7. The standard InChI is InChI=1S/2C6H15N.C3H5F4O4P/c2*1-5(2)7-6(3)4;4-2(5)3(6,7)1-11-12(8,9)10/h2*5-7H,1-4H3;2H,1H2,(H2,8,9,10). The Hall–Kier alpha value is -0.250. The van der Waals surface area contributed by atoms with Crippen molar-refractivity contribution in [3.8, 4) is 0 Å². The number of hydrogen-bond acceptors (Lipinski definition) is 4. The second kappa shape index (κ2) is 14.8. The highest BCUT2D eigenvalue weighted by atomic mass is 31.2. The molecule has 0 aliphatic carbocycles. The van der Waals surface area contributed by atoms with E-state index in [1.54, 1.807) is 0 Å². The zero-order valence-electron chi connectivity index (χ0n) is 16.8. The highest BCUT2D eigenvalue weighted by molar-refractivity contribution is 7.46. The van der Waals surface area contributed by atoms with Crippen molar-refractivity contribution in [1.29, 1.82) is 0 Å². The van der Waals surface area contributed by atoms with Gasteiger partial charge >= 0.3 is 20.2 Å². The Morgan fingerprint density at radius 1 is 0.846 bits per heavy atom. The van der Waals surface area contributed by atoms with Crippen molar-refractivity contribution in [3.05, 3.63) is 0 Å². The molecule has 0 aliphatic heterocycles. The summed E-state index contributed by atoms with van der Waals surface area (Å²) in [4.78, 5) is 15.7. The Labute approximate surface area is 154 Å². The molecule has 6 nitrogen and oxygen atoms in total. The third-order valence-electron chi connectivity index (χ3n) is 2.08. The summed E-state index contributed by atoms with van der Waals surface area (Å²) in [6.45, 7) is 15.2. The molecule has 0 saturated heterocycles. The predicted molar refractivity (Wildman–Crippen MR) is 95.8 cm³/mol. The van der Waals surface area contributed by atoms with Gasteiger partial charge in [-0.15, -0.1) is 0 Å². The second-order valence-electron chi connectivity index (χ2n) is 6.78. The van der Waals surface area contributed by atoms with Crippen molar-refractivity contribution in [2.24, 2.45) is 0 Å². The summed E-state index contributed by atoms with van der Waals surface area (Å²) in [6, 6.07) is 2.50. The summed E-state index contributed by atoms with van der Waals surface area (Å²) in [5, 5.41) is 6.61. The van der Waals surface area contributed by atoms with E-state index < -0.39 is 26.8 Å². The van der Waals surface area contributed by atoms with Crippen LogP contribution in [-0.4, -0.2) is 52.9 Å². The van der Waals surface area contributed by atoms with Gasteiger partial charge in [0.2, 0.25) is 0 Å². The molecule has 0 spiro atoms. The fourth-order valence-electron chi connectivity index (χ4n) is 1.57. The molecule has 162 valence electrons. The number of nitrogens with one attached hydrogen (secondary N) is 2. The molecular weight excluding hydrogens is 379 g/mol. The molecule has 0 saturated carbocycles. The maximum absolute atomic E-state index is 11.9. The molecule has 0 heterocycles. The number of hydrogen-bond donors (Lipinski definition) is 4. The maximum Gasteiger partial charge on any atom is 0.469 e. The van der Waals surface area contributed by atoms with E-state index >= 15 is 0 Å². The van der Waals surface area contributed by atoms with E-state index in [1.165, 1.54) is 0 Å². The van der Waals surface area contributed by atoms with Gasteiger partial charge in [0.05, 0.1) is 0 Å². The topological polar surface area (TPSA) is 90.8 Å². The first-order chi connectivity index (χ1) is 11.4. The van der Waals surface area contributed by atoms with Gasteiger partial charge in [0.1, 0.15) is 6.61 Å². The lowest BCUT2D eigenvalue weighted by molar-refractivity contribution is -0.151. The Balaban J connectivity index is -0.000000326. The molecule has 0 radical (unpaired) electrons. The molecule has 0 aromatic carbocycles. The van der Waals surface area contributed by atoms with Gasteiger partial charge in [-0.25, -0.2) is 13.3 Å². The highest BCUT2D eigenvalue weighted by Gasteiger charge is 2.42. The molecule has 0 unspecified atom stereocenters. The molecule has 4 N–H and O–H groups in total. The quantitative estimate of drug-likeness (QED) is 0.357. The van der Waals surface area contributed by atoms with Gasteiger partial charge in [0, 0.05) is 24.2 Å². The van der Waals surface area contributed by atoms with Crippen LogP contribution in [0.3, 0.4) is 0 Å². The van der Waals surface area contributed by atoms with Crippen LogP contribution in [0.25, 0.3) is 0 Å². The van der Waals surface area contributed by atoms with E-state index in [0.717, 1.165) is 0 Å². The fraction of sp³-hybridized carbons (Fsp3) is 1.00. The van der Waals surface area contributed by atoms with E-state index in [1.807, 2.05) is 0 Å². The van der Waals surface area contributed by atoms with Gasteiger partial charge in [-0.2, -0.15) is 8.78 Å². The summed E-state index contributed by atoms with van der Waals surface area (Å²) in [7, 11) is -5.12. The summed E-state index contributed by atoms with van der Waals surface area (Å²) < 4.78 is 59.3. The smallest absolute Gasteiger partial charge is 0.312 e. The van der Waals surface area contributed by atoms with Crippen LogP contribution in [-0.2, 0) is 9.09 Å². The van der Waals surface area contributed by atoms with Crippen molar-refractivity contribution in [3.63, 3.8) is 0 Å². The lowest BCUT2D eigenvalue weighted by Crippen LogP contribution is -2.31. The minimum absolute atomic E-state index is 0.625. The van der Waals surface area contributed by atoms with Gasteiger partial charge in [0.25, 0.3) is 0 Å². The largest absolute Gasteiger partial charge is 0.469 e. The Morgan fingerprint density at radius 2 is 1.12 bits per heavy atom. The second-order valence-corrected chi connectivity index (χ2v) is 8.02. The number of phosphoric ester groups is 1. The van der Waals surface area contributed by atoms with Gasteiger partial charge in [-0.1, -0.05) is 55.4 Å². The first-order valence-electron chi connectivity index (χ1n) is 8.28. The van der Waals surface area contributed by atoms with E-state index in [2.05, 4.69) is 70.5 Å². The number of alkyl halides is 4. The van der Waals surface area contributed by atoms with Gasteiger partial charge in [-0.05, 0) is 0 Å². The molecule has 0 amide bonds. The van der Waals surface area contributed by atoms with Gasteiger partial charge < -0.3 is 20.4 Å². The zero-order chi connectivity index (χ0) is 21.7. The highest BCUT2D eigenvalue weighted by Crippen LogP contribution is 2.38. The van der Waals surface area contributed by atoms with Crippen molar-refractivity contribution in [2.75, 3.05) is 6.61 Å². The van der Waals surface area contributed by atoms with Crippen LogP contribution in [0.4, 0.5) is 17.6 Å². The molecule has 11 heteroatoms.